The van der Waals surface area contributed by atoms with Crippen molar-refractivity contribution in [2.45, 2.75) is 69.8 Å². The zero-order valence-electron chi connectivity index (χ0n) is 19.7. The molecule has 190 valence electrons. The van der Waals surface area contributed by atoms with E-state index in [9.17, 15) is 14.0 Å². The lowest BCUT2D eigenvalue weighted by Crippen LogP contribution is -2.52. The number of carbonyl (C=O) groups is 2. The minimum atomic E-state index is -0.672. The summed E-state index contributed by atoms with van der Waals surface area (Å²) in [5, 5.41) is 4.33. The first kappa shape index (κ1) is 28.1. The maximum Gasteiger partial charge on any atom is 0.243 e. The average Bonchev–Trinajstić information content (AvgIpc) is 2.83. The molecule has 2 aromatic carbocycles. The molecular formula is C26H30Cl3FN2O2S. The summed E-state index contributed by atoms with van der Waals surface area (Å²) in [6, 6.07) is 9.13. The van der Waals surface area contributed by atoms with Gasteiger partial charge in [-0.3, -0.25) is 9.59 Å². The van der Waals surface area contributed by atoms with Gasteiger partial charge < -0.3 is 10.2 Å². The van der Waals surface area contributed by atoms with Crippen LogP contribution in [0.1, 0.15) is 56.6 Å². The van der Waals surface area contributed by atoms with Gasteiger partial charge in [0.15, 0.2) is 0 Å². The molecule has 0 radical (unpaired) electrons. The maximum absolute atomic E-state index is 14.1. The summed E-state index contributed by atoms with van der Waals surface area (Å²) >= 11 is 20.2. The quantitative estimate of drug-likeness (QED) is 0.333. The second-order valence-electron chi connectivity index (χ2n) is 8.68. The summed E-state index contributed by atoms with van der Waals surface area (Å²) in [6.07, 6.45) is 5.71. The number of thioether (sulfide) groups is 1. The van der Waals surface area contributed by atoms with Crippen LogP contribution < -0.4 is 5.32 Å². The molecule has 3 rings (SSSR count). The highest BCUT2D eigenvalue weighted by molar-refractivity contribution is 7.99. The first-order chi connectivity index (χ1) is 16.8. The molecule has 0 saturated heterocycles. The Morgan fingerprint density at radius 3 is 2.23 bits per heavy atom. The molecule has 9 heteroatoms. The number of amides is 2. The molecule has 0 aromatic heterocycles. The summed E-state index contributed by atoms with van der Waals surface area (Å²) in [4.78, 5) is 28.3. The molecule has 1 N–H and O–H groups in total. The minimum absolute atomic E-state index is 0.0555. The monoisotopic (exact) mass is 558 g/mol. The first-order valence-electron chi connectivity index (χ1n) is 11.8. The molecule has 1 atom stereocenters. The van der Waals surface area contributed by atoms with Crippen LogP contribution in [0.4, 0.5) is 4.39 Å². The Morgan fingerprint density at radius 2 is 1.63 bits per heavy atom. The zero-order valence-corrected chi connectivity index (χ0v) is 22.8. The van der Waals surface area contributed by atoms with Crippen molar-refractivity contribution in [1.82, 2.24) is 10.2 Å². The minimum Gasteiger partial charge on any atom is -0.352 e. The number of hydrogen-bond acceptors (Lipinski definition) is 3. The molecule has 1 aliphatic rings. The molecule has 0 heterocycles. The SMILES string of the molecule is CC[C@H](C(=O)NC1CCCCC1)N(Cc1c(Cl)cccc1Cl)C(=O)CSCc1c(F)cccc1Cl. The van der Waals surface area contributed by atoms with Crippen LogP contribution in [0, 0.1) is 5.82 Å². The van der Waals surface area contributed by atoms with Crippen LogP contribution in [0.25, 0.3) is 0 Å². The van der Waals surface area contributed by atoms with Gasteiger partial charge in [0, 0.05) is 44.5 Å². The third-order valence-corrected chi connectivity index (χ3v) is 8.27. The molecule has 0 bridgehead atoms. The second-order valence-corrected chi connectivity index (χ2v) is 10.9. The van der Waals surface area contributed by atoms with E-state index in [2.05, 4.69) is 5.32 Å². The van der Waals surface area contributed by atoms with Crippen molar-refractivity contribution in [2.24, 2.45) is 0 Å². The van der Waals surface area contributed by atoms with Crippen LogP contribution in [-0.2, 0) is 21.9 Å². The predicted molar refractivity (Wildman–Crippen MR) is 144 cm³/mol. The largest absolute Gasteiger partial charge is 0.352 e. The molecule has 2 aromatic rings. The van der Waals surface area contributed by atoms with Gasteiger partial charge in [-0.2, -0.15) is 0 Å². The summed E-state index contributed by atoms with van der Waals surface area (Å²) in [7, 11) is 0. The lowest BCUT2D eigenvalue weighted by atomic mass is 9.95. The van der Waals surface area contributed by atoms with Gasteiger partial charge in [-0.15, -0.1) is 11.8 Å². The van der Waals surface area contributed by atoms with Gasteiger partial charge in [-0.05, 0) is 43.5 Å². The summed E-state index contributed by atoms with van der Waals surface area (Å²) in [5.74, 6) is -0.527. The first-order valence-corrected chi connectivity index (χ1v) is 14.1. The van der Waals surface area contributed by atoms with E-state index in [1.165, 1.54) is 24.2 Å². The number of nitrogens with zero attached hydrogens (tertiary/aromatic N) is 1. The van der Waals surface area contributed by atoms with Gasteiger partial charge in [-0.1, -0.05) is 73.1 Å². The van der Waals surface area contributed by atoms with Crippen molar-refractivity contribution in [3.05, 3.63) is 68.4 Å². The Balaban J connectivity index is 1.77. The van der Waals surface area contributed by atoms with E-state index in [4.69, 9.17) is 34.8 Å². The number of benzene rings is 2. The van der Waals surface area contributed by atoms with E-state index in [0.717, 1.165) is 25.7 Å². The molecule has 0 aliphatic heterocycles. The molecule has 1 saturated carbocycles. The number of carbonyl (C=O) groups excluding carboxylic acids is 2. The zero-order chi connectivity index (χ0) is 25.4. The highest BCUT2D eigenvalue weighted by Crippen LogP contribution is 2.29. The number of rotatable bonds is 10. The lowest BCUT2D eigenvalue weighted by molar-refractivity contribution is -0.139. The Labute approximate surface area is 225 Å². The Hall–Kier alpha value is -1.47. The van der Waals surface area contributed by atoms with Crippen molar-refractivity contribution in [2.75, 3.05) is 5.75 Å². The van der Waals surface area contributed by atoms with Gasteiger partial charge in [0.25, 0.3) is 0 Å². The molecule has 1 aliphatic carbocycles. The van der Waals surface area contributed by atoms with E-state index in [-0.39, 0.29) is 35.9 Å². The van der Waals surface area contributed by atoms with Gasteiger partial charge in [0.1, 0.15) is 11.9 Å². The fraction of sp³-hybridized carbons (Fsp3) is 0.462. The standard InChI is InChI=1S/C26H30Cl3FN2O2S/c1-2-24(26(34)31-17-8-4-3-5-9-17)32(14-18-20(27)10-6-11-21(18)28)25(33)16-35-15-19-22(29)12-7-13-23(19)30/h6-7,10-13,17,24H,2-5,8-9,14-16H2,1H3,(H,31,34)/t24-/m1/s1. The van der Waals surface area contributed by atoms with E-state index < -0.39 is 11.9 Å². The van der Waals surface area contributed by atoms with Crippen LogP contribution >= 0.6 is 46.6 Å². The van der Waals surface area contributed by atoms with Gasteiger partial charge >= 0.3 is 0 Å². The van der Waals surface area contributed by atoms with Gasteiger partial charge in [0.2, 0.25) is 11.8 Å². The number of halogens is 4. The third kappa shape index (κ3) is 7.75. The average molecular weight is 560 g/mol. The fourth-order valence-electron chi connectivity index (χ4n) is 4.31. The Kier molecular flexibility index (Phi) is 11.0. The van der Waals surface area contributed by atoms with E-state index in [1.54, 1.807) is 35.2 Å². The summed E-state index contributed by atoms with van der Waals surface area (Å²) < 4.78 is 14.1. The molecular weight excluding hydrogens is 530 g/mol. The molecule has 4 nitrogen and oxygen atoms in total. The van der Waals surface area contributed by atoms with Crippen LogP contribution in [0.5, 0.6) is 0 Å². The predicted octanol–water partition coefficient (Wildman–Crippen LogP) is 7.28. The highest BCUT2D eigenvalue weighted by atomic mass is 35.5. The van der Waals surface area contributed by atoms with Crippen molar-refractivity contribution in [3.8, 4) is 0 Å². The van der Waals surface area contributed by atoms with Crippen LogP contribution in [-0.4, -0.2) is 34.6 Å². The normalized spacial score (nSPS) is 15.0. The van der Waals surface area contributed by atoms with Crippen molar-refractivity contribution < 1.29 is 14.0 Å². The Bertz CT molecular complexity index is 993. The maximum atomic E-state index is 14.1. The van der Waals surface area contributed by atoms with E-state index in [1.807, 2.05) is 6.92 Å². The molecule has 0 unspecified atom stereocenters. The van der Waals surface area contributed by atoms with Crippen LogP contribution in [0.15, 0.2) is 36.4 Å². The number of hydrogen-bond donors (Lipinski definition) is 1. The second kappa shape index (κ2) is 13.7. The number of nitrogens with one attached hydrogen (secondary N) is 1. The van der Waals surface area contributed by atoms with Crippen molar-refractivity contribution >= 4 is 58.4 Å². The molecule has 2 amide bonds. The summed E-state index contributed by atoms with van der Waals surface area (Å²) in [5.41, 5.74) is 0.949. The van der Waals surface area contributed by atoms with Gasteiger partial charge in [-0.25, -0.2) is 4.39 Å². The van der Waals surface area contributed by atoms with E-state index >= 15 is 0 Å². The Morgan fingerprint density at radius 1 is 1.03 bits per heavy atom. The summed E-state index contributed by atoms with van der Waals surface area (Å²) in [6.45, 7) is 1.99. The van der Waals surface area contributed by atoms with Crippen LogP contribution in [0.3, 0.4) is 0 Å². The smallest absolute Gasteiger partial charge is 0.243 e. The lowest BCUT2D eigenvalue weighted by Gasteiger charge is -2.33. The third-order valence-electron chi connectivity index (χ3n) is 6.26. The molecule has 35 heavy (non-hydrogen) atoms. The highest BCUT2D eigenvalue weighted by Gasteiger charge is 2.31. The van der Waals surface area contributed by atoms with Crippen molar-refractivity contribution in [3.63, 3.8) is 0 Å². The fourth-order valence-corrected chi connectivity index (χ4v) is 6.08. The van der Waals surface area contributed by atoms with Crippen molar-refractivity contribution in [1.29, 1.82) is 0 Å². The van der Waals surface area contributed by atoms with Gasteiger partial charge in [0.05, 0.1) is 5.75 Å². The topological polar surface area (TPSA) is 49.4 Å². The van der Waals surface area contributed by atoms with E-state index in [0.29, 0.717) is 32.6 Å². The van der Waals surface area contributed by atoms with Crippen LogP contribution in [0.2, 0.25) is 15.1 Å². The molecule has 0 spiro atoms. The molecule has 1 fully saturated rings.